The lowest BCUT2D eigenvalue weighted by molar-refractivity contribution is 0.0506. The number of aromatic amines is 1. The molecule has 0 saturated carbocycles. The molecule has 0 aliphatic heterocycles. The lowest BCUT2D eigenvalue weighted by atomic mass is 10.1. The van der Waals surface area contributed by atoms with E-state index < -0.39 is 5.60 Å². The topological polar surface area (TPSA) is 77.9 Å². The van der Waals surface area contributed by atoms with Crippen molar-refractivity contribution in [1.29, 1.82) is 5.26 Å². The van der Waals surface area contributed by atoms with Crippen LogP contribution < -0.4 is 5.32 Å². The molecule has 2 N–H and O–H groups in total. The summed E-state index contributed by atoms with van der Waals surface area (Å²) in [5.74, 6) is 0. The number of nitrogens with zero attached hydrogens (tertiary/aromatic N) is 1. The Hall–Kier alpha value is -2.48. The average Bonchev–Trinajstić information content (AvgIpc) is 2.92. The molecular weight excluding hydrogens is 278 g/mol. The Bertz CT molecular complexity index is 778. The quantitative estimate of drug-likeness (QED) is 0.849. The number of carbonyl (C=O) groups is 1. The molecule has 0 saturated heterocycles. The molecule has 5 heteroatoms. The highest BCUT2D eigenvalue weighted by Gasteiger charge is 2.28. The molecule has 1 amide bonds. The van der Waals surface area contributed by atoms with E-state index in [0.717, 1.165) is 29.4 Å². The first-order chi connectivity index (χ1) is 10.4. The SMILES string of the molecule is CC(C)(C)OC(=O)NC1Cc2[nH]c3ccc(C#N)cc3c2C1. The van der Waals surface area contributed by atoms with Gasteiger partial charge in [0.1, 0.15) is 5.60 Å². The van der Waals surface area contributed by atoms with E-state index >= 15 is 0 Å². The number of fused-ring (bicyclic) bond motifs is 3. The van der Waals surface area contributed by atoms with Crippen LogP contribution in [-0.2, 0) is 17.6 Å². The van der Waals surface area contributed by atoms with Crippen molar-refractivity contribution in [2.24, 2.45) is 0 Å². The number of ether oxygens (including phenoxy) is 1. The van der Waals surface area contributed by atoms with Gasteiger partial charge in [0.25, 0.3) is 0 Å². The minimum absolute atomic E-state index is 0.0336. The summed E-state index contributed by atoms with van der Waals surface area (Å²) in [6.07, 6.45) is 1.12. The highest BCUT2D eigenvalue weighted by atomic mass is 16.6. The van der Waals surface area contributed by atoms with Gasteiger partial charge in [-0.25, -0.2) is 4.79 Å². The van der Waals surface area contributed by atoms with Gasteiger partial charge in [0.15, 0.2) is 0 Å². The number of nitriles is 1. The van der Waals surface area contributed by atoms with Crippen LogP contribution in [0.1, 0.15) is 37.6 Å². The predicted octanol–water partition coefficient (Wildman–Crippen LogP) is 3.03. The van der Waals surface area contributed by atoms with Crippen molar-refractivity contribution < 1.29 is 9.53 Å². The van der Waals surface area contributed by atoms with Crippen LogP contribution in [0.5, 0.6) is 0 Å². The second-order valence-corrected chi connectivity index (χ2v) is 6.71. The third kappa shape index (κ3) is 2.77. The summed E-state index contributed by atoms with van der Waals surface area (Å²) < 4.78 is 5.30. The molecule has 0 bridgehead atoms. The molecule has 0 fully saturated rings. The molecule has 22 heavy (non-hydrogen) atoms. The number of benzene rings is 1. The van der Waals surface area contributed by atoms with Crippen LogP contribution >= 0.6 is 0 Å². The fourth-order valence-electron chi connectivity index (χ4n) is 2.92. The number of hydrogen-bond acceptors (Lipinski definition) is 3. The molecular formula is C17H19N3O2. The first kappa shape index (κ1) is 14.5. The third-order valence-corrected chi connectivity index (χ3v) is 3.75. The number of aromatic nitrogens is 1. The minimum atomic E-state index is -0.495. The van der Waals surface area contributed by atoms with Crippen LogP contribution in [0, 0.1) is 11.3 Å². The normalized spacial score (nSPS) is 17.1. The van der Waals surface area contributed by atoms with Crippen molar-refractivity contribution in [3.05, 3.63) is 35.0 Å². The van der Waals surface area contributed by atoms with E-state index in [9.17, 15) is 4.79 Å². The Balaban J connectivity index is 1.76. The van der Waals surface area contributed by atoms with E-state index in [1.54, 1.807) is 0 Å². The summed E-state index contributed by atoms with van der Waals surface area (Å²) in [5, 5.41) is 13.0. The van der Waals surface area contributed by atoms with Crippen LogP contribution in [-0.4, -0.2) is 22.7 Å². The van der Waals surface area contributed by atoms with Crippen molar-refractivity contribution in [3.8, 4) is 6.07 Å². The molecule has 2 aromatic rings. The number of hydrogen-bond donors (Lipinski definition) is 2. The van der Waals surface area contributed by atoms with Crippen LogP contribution in [0.15, 0.2) is 18.2 Å². The monoisotopic (exact) mass is 297 g/mol. The molecule has 1 heterocycles. The maximum atomic E-state index is 11.9. The Morgan fingerprint density at radius 1 is 1.41 bits per heavy atom. The molecule has 0 spiro atoms. The number of rotatable bonds is 1. The van der Waals surface area contributed by atoms with E-state index in [2.05, 4.69) is 16.4 Å². The van der Waals surface area contributed by atoms with Crippen molar-refractivity contribution in [3.63, 3.8) is 0 Å². The standard InChI is InChI=1S/C17H19N3O2/c1-17(2,3)22-16(21)19-11-7-13-12-6-10(9-18)4-5-14(12)20-15(13)8-11/h4-6,11,20H,7-8H2,1-3H3,(H,19,21). The lowest BCUT2D eigenvalue weighted by Gasteiger charge is -2.21. The van der Waals surface area contributed by atoms with Gasteiger partial charge in [0, 0.05) is 29.1 Å². The number of nitrogens with one attached hydrogen (secondary N) is 2. The van der Waals surface area contributed by atoms with Crippen molar-refractivity contribution in [1.82, 2.24) is 10.3 Å². The van der Waals surface area contributed by atoms with Crippen LogP contribution in [0.4, 0.5) is 4.79 Å². The third-order valence-electron chi connectivity index (χ3n) is 3.75. The second-order valence-electron chi connectivity index (χ2n) is 6.71. The van der Waals surface area contributed by atoms with Gasteiger partial charge in [0.05, 0.1) is 11.6 Å². The Morgan fingerprint density at radius 2 is 2.18 bits per heavy atom. The average molecular weight is 297 g/mol. The van der Waals surface area contributed by atoms with Gasteiger partial charge in [-0.3, -0.25) is 0 Å². The highest BCUT2D eigenvalue weighted by Crippen LogP contribution is 2.30. The molecule has 1 aromatic heterocycles. The first-order valence-corrected chi connectivity index (χ1v) is 7.39. The van der Waals surface area contributed by atoms with Crippen LogP contribution in [0.25, 0.3) is 10.9 Å². The summed E-state index contributed by atoms with van der Waals surface area (Å²) in [5.41, 5.74) is 3.52. The molecule has 114 valence electrons. The smallest absolute Gasteiger partial charge is 0.407 e. The van der Waals surface area contributed by atoms with Crippen molar-refractivity contribution in [2.45, 2.75) is 45.3 Å². The molecule has 1 aliphatic carbocycles. The molecule has 5 nitrogen and oxygen atoms in total. The van der Waals surface area contributed by atoms with E-state index in [1.807, 2.05) is 39.0 Å². The van der Waals surface area contributed by atoms with E-state index in [-0.39, 0.29) is 12.1 Å². The van der Waals surface area contributed by atoms with E-state index in [4.69, 9.17) is 10.00 Å². The van der Waals surface area contributed by atoms with Crippen LogP contribution in [0.3, 0.4) is 0 Å². The molecule has 0 radical (unpaired) electrons. The zero-order valence-electron chi connectivity index (χ0n) is 13.0. The molecule has 3 rings (SSSR count). The lowest BCUT2D eigenvalue weighted by Crippen LogP contribution is -2.39. The van der Waals surface area contributed by atoms with Crippen LogP contribution in [0.2, 0.25) is 0 Å². The fourth-order valence-corrected chi connectivity index (χ4v) is 2.92. The molecule has 1 aromatic carbocycles. The minimum Gasteiger partial charge on any atom is -0.444 e. The van der Waals surface area contributed by atoms with Gasteiger partial charge in [-0.05, 0) is 51.0 Å². The van der Waals surface area contributed by atoms with E-state index in [1.165, 1.54) is 5.56 Å². The maximum Gasteiger partial charge on any atom is 0.407 e. The molecule has 1 unspecified atom stereocenters. The predicted molar refractivity (Wildman–Crippen MR) is 83.6 cm³/mol. The van der Waals surface area contributed by atoms with Crippen molar-refractivity contribution in [2.75, 3.05) is 0 Å². The Labute approximate surface area is 129 Å². The number of H-pyrrole nitrogens is 1. The Kier molecular flexibility index (Phi) is 3.32. The summed E-state index contributed by atoms with van der Waals surface area (Å²) in [6, 6.07) is 7.85. The van der Waals surface area contributed by atoms with Gasteiger partial charge < -0.3 is 15.0 Å². The molecule has 1 aliphatic rings. The molecule has 1 atom stereocenters. The number of carbonyl (C=O) groups excluding carboxylic acids is 1. The van der Waals surface area contributed by atoms with Gasteiger partial charge in [0.2, 0.25) is 0 Å². The van der Waals surface area contributed by atoms with Crippen molar-refractivity contribution >= 4 is 17.0 Å². The van der Waals surface area contributed by atoms with E-state index in [0.29, 0.717) is 5.56 Å². The summed E-state index contributed by atoms with van der Waals surface area (Å²) in [6.45, 7) is 5.54. The fraction of sp³-hybridized carbons (Fsp3) is 0.412. The van der Waals surface area contributed by atoms with Gasteiger partial charge >= 0.3 is 6.09 Å². The van der Waals surface area contributed by atoms with Gasteiger partial charge in [-0.15, -0.1) is 0 Å². The zero-order valence-corrected chi connectivity index (χ0v) is 13.0. The largest absolute Gasteiger partial charge is 0.444 e. The highest BCUT2D eigenvalue weighted by molar-refractivity contribution is 5.86. The number of amides is 1. The maximum absolute atomic E-state index is 11.9. The van der Waals surface area contributed by atoms with Gasteiger partial charge in [-0.1, -0.05) is 0 Å². The van der Waals surface area contributed by atoms with Gasteiger partial charge in [-0.2, -0.15) is 5.26 Å². The second kappa shape index (κ2) is 5.06. The first-order valence-electron chi connectivity index (χ1n) is 7.39. The summed E-state index contributed by atoms with van der Waals surface area (Å²) in [4.78, 5) is 15.2. The summed E-state index contributed by atoms with van der Waals surface area (Å²) in [7, 11) is 0. The zero-order chi connectivity index (χ0) is 15.9. The Morgan fingerprint density at radius 3 is 2.86 bits per heavy atom. The number of alkyl carbamates (subject to hydrolysis) is 1. The summed E-state index contributed by atoms with van der Waals surface area (Å²) >= 11 is 0.